The molecule has 6 nitrogen and oxygen atoms in total. The number of hydrogen-bond acceptors (Lipinski definition) is 5. The Kier molecular flexibility index (Phi) is 4.36. The van der Waals surface area contributed by atoms with Crippen LogP contribution in [0.5, 0.6) is 0 Å². The van der Waals surface area contributed by atoms with Crippen molar-refractivity contribution in [1.82, 2.24) is 19.7 Å². The fourth-order valence-electron chi connectivity index (χ4n) is 3.55. The van der Waals surface area contributed by atoms with Gasteiger partial charge in [0, 0.05) is 13.0 Å². The van der Waals surface area contributed by atoms with Gasteiger partial charge in [0.2, 0.25) is 0 Å². The van der Waals surface area contributed by atoms with Crippen LogP contribution in [0.2, 0.25) is 0 Å². The molecule has 6 heteroatoms. The molecule has 0 unspecified atom stereocenters. The molecule has 3 heterocycles. The molecule has 1 aromatic carbocycles. The Morgan fingerprint density at radius 1 is 1.20 bits per heavy atom. The van der Waals surface area contributed by atoms with Crippen molar-refractivity contribution >= 4 is 16.9 Å². The maximum absolute atomic E-state index is 9.72. The molecule has 1 aliphatic rings. The maximum atomic E-state index is 9.72. The van der Waals surface area contributed by atoms with E-state index in [2.05, 4.69) is 16.9 Å². The molecule has 1 saturated heterocycles. The Morgan fingerprint density at radius 3 is 2.80 bits per heavy atom. The van der Waals surface area contributed by atoms with Gasteiger partial charge in [0.05, 0.1) is 29.9 Å². The highest BCUT2D eigenvalue weighted by molar-refractivity contribution is 5.88. The quantitative estimate of drug-likeness (QED) is 0.775. The normalized spacial score (nSPS) is 17.5. The van der Waals surface area contributed by atoms with E-state index in [1.807, 2.05) is 41.2 Å². The Morgan fingerprint density at radius 2 is 2.04 bits per heavy atom. The van der Waals surface area contributed by atoms with E-state index in [4.69, 9.17) is 9.97 Å². The number of aliphatic hydroxyl groups excluding tert-OH is 1. The van der Waals surface area contributed by atoms with Crippen LogP contribution in [-0.2, 0) is 6.42 Å². The Bertz CT molecular complexity index is 861. The summed E-state index contributed by atoms with van der Waals surface area (Å²) in [5.41, 5.74) is 1.83. The number of aryl methyl sites for hydroxylation is 1. The molecule has 0 saturated carbocycles. The molecule has 0 bridgehead atoms. The SMILES string of the molecule is CCCc1nc(N2CCC[C@H]2CO)c2cnn(-c3ccccc3)c2n1. The lowest BCUT2D eigenvalue weighted by atomic mass is 10.2. The molecule has 1 N–H and O–H groups in total. The van der Waals surface area contributed by atoms with Crippen LogP contribution in [0.25, 0.3) is 16.7 Å². The van der Waals surface area contributed by atoms with Crippen molar-refractivity contribution in [2.75, 3.05) is 18.1 Å². The third-order valence-electron chi connectivity index (χ3n) is 4.79. The molecule has 130 valence electrons. The molecule has 2 aromatic heterocycles. The zero-order valence-corrected chi connectivity index (χ0v) is 14.5. The van der Waals surface area contributed by atoms with E-state index in [0.29, 0.717) is 0 Å². The summed E-state index contributed by atoms with van der Waals surface area (Å²) < 4.78 is 1.88. The summed E-state index contributed by atoms with van der Waals surface area (Å²) in [4.78, 5) is 11.8. The third-order valence-corrected chi connectivity index (χ3v) is 4.79. The molecular weight excluding hydrogens is 314 g/mol. The van der Waals surface area contributed by atoms with Crippen LogP contribution in [0, 0.1) is 0 Å². The standard InChI is InChI=1S/C19H23N5O/c1-2-7-17-21-18(23-11-6-10-15(23)13-25)16-12-20-24(19(16)22-17)14-8-4-3-5-9-14/h3-5,8-9,12,15,25H,2,6-7,10-11,13H2,1H3/t15-/m0/s1. The predicted molar refractivity (Wildman–Crippen MR) is 98.1 cm³/mol. The Balaban J connectivity index is 1.89. The summed E-state index contributed by atoms with van der Waals surface area (Å²) >= 11 is 0. The van der Waals surface area contributed by atoms with E-state index in [9.17, 15) is 5.11 Å². The monoisotopic (exact) mass is 337 g/mol. The van der Waals surface area contributed by atoms with Crippen molar-refractivity contribution in [3.63, 3.8) is 0 Å². The molecule has 3 aromatic rings. The summed E-state index contributed by atoms with van der Waals surface area (Å²) in [6.45, 7) is 3.20. The van der Waals surface area contributed by atoms with Crippen molar-refractivity contribution in [3.05, 3.63) is 42.4 Å². The van der Waals surface area contributed by atoms with Gasteiger partial charge in [-0.3, -0.25) is 0 Å². The average molecular weight is 337 g/mol. The van der Waals surface area contributed by atoms with Crippen molar-refractivity contribution in [3.8, 4) is 5.69 Å². The smallest absolute Gasteiger partial charge is 0.168 e. The van der Waals surface area contributed by atoms with E-state index in [-0.39, 0.29) is 12.6 Å². The Labute approximate surface area is 147 Å². The average Bonchev–Trinajstić information content (AvgIpc) is 3.29. The number of benzene rings is 1. The minimum absolute atomic E-state index is 0.132. The zero-order chi connectivity index (χ0) is 17.2. The lowest BCUT2D eigenvalue weighted by molar-refractivity contribution is 0.266. The van der Waals surface area contributed by atoms with Crippen LogP contribution in [0.15, 0.2) is 36.5 Å². The van der Waals surface area contributed by atoms with Crippen LogP contribution < -0.4 is 4.90 Å². The first kappa shape index (κ1) is 16.0. The van der Waals surface area contributed by atoms with Gasteiger partial charge in [0.25, 0.3) is 0 Å². The molecule has 0 amide bonds. The van der Waals surface area contributed by atoms with E-state index >= 15 is 0 Å². The molecule has 0 spiro atoms. The van der Waals surface area contributed by atoms with Crippen LogP contribution in [0.4, 0.5) is 5.82 Å². The summed E-state index contributed by atoms with van der Waals surface area (Å²) in [6.07, 6.45) is 5.75. The summed E-state index contributed by atoms with van der Waals surface area (Å²) in [7, 11) is 0. The lowest BCUT2D eigenvalue weighted by Gasteiger charge is -2.25. The van der Waals surface area contributed by atoms with Crippen LogP contribution in [-0.4, -0.2) is 44.0 Å². The highest BCUT2D eigenvalue weighted by atomic mass is 16.3. The first-order valence-electron chi connectivity index (χ1n) is 8.99. The van der Waals surface area contributed by atoms with Gasteiger partial charge < -0.3 is 10.0 Å². The highest BCUT2D eigenvalue weighted by Crippen LogP contribution is 2.31. The zero-order valence-electron chi connectivity index (χ0n) is 14.5. The molecule has 0 aliphatic carbocycles. The molecule has 1 fully saturated rings. The predicted octanol–water partition coefficient (Wildman–Crippen LogP) is 2.73. The topological polar surface area (TPSA) is 67.1 Å². The van der Waals surface area contributed by atoms with E-state index < -0.39 is 0 Å². The number of anilines is 1. The number of fused-ring (bicyclic) bond motifs is 1. The molecule has 25 heavy (non-hydrogen) atoms. The van der Waals surface area contributed by atoms with Crippen LogP contribution in [0.3, 0.4) is 0 Å². The molecular formula is C19H23N5O. The second kappa shape index (κ2) is 6.80. The third kappa shape index (κ3) is 2.87. The van der Waals surface area contributed by atoms with Gasteiger partial charge >= 0.3 is 0 Å². The highest BCUT2D eigenvalue weighted by Gasteiger charge is 2.28. The van der Waals surface area contributed by atoms with Crippen molar-refractivity contribution in [1.29, 1.82) is 0 Å². The van der Waals surface area contributed by atoms with Gasteiger partial charge in [-0.05, 0) is 31.4 Å². The fraction of sp³-hybridized carbons (Fsp3) is 0.421. The maximum Gasteiger partial charge on any atom is 0.168 e. The summed E-state index contributed by atoms with van der Waals surface area (Å²) in [5.74, 6) is 1.75. The van der Waals surface area contributed by atoms with Crippen molar-refractivity contribution < 1.29 is 5.11 Å². The summed E-state index contributed by atoms with van der Waals surface area (Å²) in [6, 6.07) is 10.2. The molecule has 1 atom stereocenters. The number of hydrogen-bond donors (Lipinski definition) is 1. The first-order chi connectivity index (χ1) is 12.3. The minimum Gasteiger partial charge on any atom is -0.394 e. The van der Waals surface area contributed by atoms with Crippen LogP contribution >= 0.6 is 0 Å². The van der Waals surface area contributed by atoms with E-state index in [0.717, 1.165) is 60.6 Å². The van der Waals surface area contributed by atoms with Crippen LogP contribution in [0.1, 0.15) is 32.0 Å². The second-order valence-corrected chi connectivity index (χ2v) is 6.51. The van der Waals surface area contributed by atoms with E-state index in [1.54, 1.807) is 0 Å². The number of aromatic nitrogens is 4. The van der Waals surface area contributed by atoms with Crippen molar-refractivity contribution in [2.45, 2.75) is 38.6 Å². The van der Waals surface area contributed by atoms with Gasteiger partial charge in [0.1, 0.15) is 11.6 Å². The number of nitrogens with zero attached hydrogens (tertiary/aromatic N) is 5. The first-order valence-corrected chi connectivity index (χ1v) is 8.99. The van der Waals surface area contributed by atoms with Gasteiger partial charge in [-0.1, -0.05) is 25.1 Å². The van der Waals surface area contributed by atoms with Gasteiger partial charge in [-0.15, -0.1) is 0 Å². The number of rotatable bonds is 5. The fourth-order valence-corrected chi connectivity index (χ4v) is 3.55. The number of para-hydroxylation sites is 1. The van der Waals surface area contributed by atoms with Crippen molar-refractivity contribution in [2.24, 2.45) is 0 Å². The molecule has 0 radical (unpaired) electrons. The van der Waals surface area contributed by atoms with E-state index in [1.165, 1.54) is 0 Å². The summed E-state index contributed by atoms with van der Waals surface area (Å²) in [5, 5.41) is 15.2. The van der Waals surface area contributed by atoms with Gasteiger partial charge in [0.15, 0.2) is 5.65 Å². The largest absolute Gasteiger partial charge is 0.394 e. The molecule has 4 rings (SSSR count). The lowest BCUT2D eigenvalue weighted by Crippen LogP contribution is -2.33. The molecule has 1 aliphatic heterocycles. The number of aliphatic hydroxyl groups is 1. The van der Waals surface area contributed by atoms with Gasteiger partial charge in [-0.2, -0.15) is 5.10 Å². The minimum atomic E-state index is 0.132. The Hall–Kier alpha value is -2.47. The van der Waals surface area contributed by atoms with Gasteiger partial charge in [-0.25, -0.2) is 14.6 Å². The second-order valence-electron chi connectivity index (χ2n) is 6.51.